The van der Waals surface area contributed by atoms with Crippen LogP contribution in [0.25, 0.3) is 0 Å². The number of halogens is 1. The van der Waals surface area contributed by atoms with Gasteiger partial charge in [-0.2, -0.15) is 5.26 Å². The van der Waals surface area contributed by atoms with Crippen LogP contribution in [0.4, 0.5) is 5.69 Å². The molecule has 6 heteroatoms. The van der Waals surface area contributed by atoms with E-state index in [1.54, 1.807) is 54.6 Å². The fourth-order valence-electron chi connectivity index (χ4n) is 2.45. The lowest BCUT2D eigenvalue weighted by atomic mass is 9.97. The summed E-state index contributed by atoms with van der Waals surface area (Å²) in [5.41, 5.74) is -0.534. The number of amides is 1. The van der Waals surface area contributed by atoms with Gasteiger partial charge in [0.25, 0.3) is 11.6 Å². The zero-order valence-electron chi connectivity index (χ0n) is 11.4. The van der Waals surface area contributed by atoms with Crippen LogP contribution in [0.1, 0.15) is 22.0 Å². The molecule has 0 fully saturated rings. The van der Waals surface area contributed by atoms with Gasteiger partial charge in [0.05, 0.1) is 5.56 Å². The average Bonchev–Trinajstić information content (AvgIpc) is 2.64. The van der Waals surface area contributed by atoms with Gasteiger partial charge in [-0.3, -0.25) is 4.79 Å². The molecule has 1 amide bonds. The van der Waals surface area contributed by atoms with Crippen LogP contribution in [-0.4, -0.2) is 16.7 Å². The number of para-hydroxylation sites is 1. The minimum Gasteiger partial charge on any atom is -0.372 e. The van der Waals surface area contributed by atoms with Gasteiger partial charge in [-0.25, -0.2) is 0 Å². The van der Waals surface area contributed by atoms with E-state index in [1.165, 1.54) is 0 Å². The van der Waals surface area contributed by atoms with Gasteiger partial charge in [0, 0.05) is 10.7 Å². The van der Waals surface area contributed by atoms with E-state index in [0.717, 1.165) is 0 Å². The van der Waals surface area contributed by atoms with Gasteiger partial charge in [0.1, 0.15) is 12.1 Å². The molecule has 0 saturated carbocycles. The number of nitrogens with one attached hydrogen (secondary N) is 2. The maximum Gasteiger partial charge on any atom is 0.256 e. The van der Waals surface area contributed by atoms with Crippen molar-refractivity contribution in [1.29, 1.82) is 5.26 Å². The third-order valence-electron chi connectivity index (χ3n) is 3.57. The van der Waals surface area contributed by atoms with Crippen molar-refractivity contribution >= 4 is 23.2 Å². The Morgan fingerprint density at radius 1 is 1.18 bits per heavy atom. The molecule has 3 N–H and O–H groups in total. The van der Waals surface area contributed by atoms with Crippen molar-refractivity contribution in [3.05, 3.63) is 64.7 Å². The minimum atomic E-state index is -2.08. The van der Waals surface area contributed by atoms with Gasteiger partial charge >= 0.3 is 0 Å². The number of anilines is 1. The number of benzene rings is 2. The number of carbonyl (C=O) groups excluding carboxylic acids is 1. The summed E-state index contributed by atoms with van der Waals surface area (Å²) in [6, 6.07) is 14.5. The van der Waals surface area contributed by atoms with E-state index in [2.05, 4.69) is 10.6 Å². The number of hydrogen-bond donors (Lipinski definition) is 3. The van der Waals surface area contributed by atoms with E-state index in [4.69, 9.17) is 11.6 Å². The maximum absolute atomic E-state index is 12.2. The van der Waals surface area contributed by atoms with Crippen molar-refractivity contribution in [2.24, 2.45) is 0 Å². The fraction of sp³-hybridized carbons (Fsp3) is 0.125. The molecule has 0 bridgehead atoms. The first-order valence-electron chi connectivity index (χ1n) is 6.61. The molecule has 0 aromatic heterocycles. The highest BCUT2D eigenvalue weighted by molar-refractivity contribution is 6.30. The predicted octanol–water partition coefficient (Wildman–Crippen LogP) is 2.45. The normalized spacial score (nSPS) is 23.5. The SMILES string of the molecule is N#CC1(O)NC(=O)c2ccccc2NC1c1ccc(Cl)cc1. The average molecular weight is 314 g/mol. The van der Waals surface area contributed by atoms with Gasteiger partial charge in [-0.05, 0) is 29.8 Å². The Kier molecular flexibility index (Phi) is 3.49. The van der Waals surface area contributed by atoms with E-state index in [9.17, 15) is 15.2 Å². The molecular weight excluding hydrogens is 302 g/mol. The Labute approximate surface area is 132 Å². The second-order valence-corrected chi connectivity index (χ2v) is 5.44. The summed E-state index contributed by atoms with van der Waals surface area (Å²) in [5, 5.41) is 26.0. The highest BCUT2D eigenvalue weighted by Crippen LogP contribution is 2.33. The van der Waals surface area contributed by atoms with E-state index >= 15 is 0 Å². The van der Waals surface area contributed by atoms with Crippen LogP contribution in [0.3, 0.4) is 0 Å². The largest absolute Gasteiger partial charge is 0.372 e. The molecule has 110 valence electrons. The Bertz CT molecular complexity index is 770. The van der Waals surface area contributed by atoms with Gasteiger partial charge in [0.15, 0.2) is 0 Å². The zero-order chi connectivity index (χ0) is 15.7. The van der Waals surface area contributed by atoms with Gasteiger partial charge in [0.2, 0.25) is 0 Å². The number of hydrogen-bond acceptors (Lipinski definition) is 4. The van der Waals surface area contributed by atoms with Crippen molar-refractivity contribution < 1.29 is 9.90 Å². The summed E-state index contributed by atoms with van der Waals surface area (Å²) >= 11 is 5.87. The summed E-state index contributed by atoms with van der Waals surface area (Å²) in [4.78, 5) is 12.2. The summed E-state index contributed by atoms with van der Waals surface area (Å²) in [6.07, 6.45) is 0. The second kappa shape index (κ2) is 5.34. The second-order valence-electron chi connectivity index (χ2n) is 5.01. The topological polar surface area (TPSA) is 85.2 Å². The quantitative estimate of drug-likeness (QED) is 0.706. The summed E-state index contributed by atoms with van der Waals surface area (Å²) in [5.74, 6) is -0.511. The van der Waals surface area contributed by atoms with Gasteiger partial charge in [-0.1, -0.05) is 35.9 Å². The molecule has 0 spiro atoms. The summed E-state index contributed by atoms with van der Waals surface area (Å²) < 4.78 is 0. The van der Waals surface area contributed by atoms with E-state index in [0.29, 0.717) is 21.8 Å². The zero-order valence-corrected chi connectivity index (χ0v) is 12.1. The lowest BCUT2D eigenvalue weighted by molar-refractivity contribution is 0.0381. The number of aliphatic hydroxyl groups is 1. The van der Waals surface area contributed by atoms with Crippen LogP contribution in [-0.2, 0) is 0 Å². The fourth-order valence-corrected chi connectivity index (χ4v) is 2.58. The minimum absolute atomic E-state index is 0.368. The van der Waals surface area contributed by atoms with Crippen LogP contribution in [0.5, 0.6) is 0 Å². The monoisotopic (exact) mass is 313 g/mol. The molecule has 1 heterocycles. The number of carbonyl (C=O) groups is 1. The van der Waals surface area contributed by atoms with Crippen molar-refractivity contribution in [3.63, 3.8) is 0 Å². The van der Waals surface area contributed by atoms with Crippen molar-refractivity contribution in [3.8, 4) is 6.07 Å². The van der Waals surface area contributed by atoms with Gasteiger partial charge < -0.3 is 15.7 Å². The summed E-state index contributed by atoms with van der Waals surface area (Å²) in [7, 11) is 0. The van der Waals surface area contributed by atoms with E-state index < -0.39 is 17.7 Å². The Balaban J connectivity index is 2.12. The molecule has 22 heavy (non-hydrogen) atoms. The standard InChI is InChI=1S/C16H12ClN3O2/c17-11-7-5-10(6-8-11)14-16(22,9-18)20-15(21)12-3-1-2-4-13(12)19-14/h1-8,14,19,22H,(H,20,21). The molecular formula is C16H12ClN3O2. The van der Waals surface area contributed by atoms with Crippen LogP contribution in [0, 0.1) is 11.3 Å². The summed E-state index contributed by atoms with van der Waals surface area (Å²) in [6.45, 7) is 0. The van der Waals surface area contributed by atoms with Crippen LogP contribution >= 0.6 is 11.6 Å². The highest BCUT2D eigenvalue weighted by Gasteiger charge is 2.43. The van der Waals surface area contributed by atoms with Crippen molar-refractivity contribution in [2.45, 2.75) is 11.8 Å². The van der Waals surface area contributed by atoms with Crippen molar-refractivity contribution in [1.82, 2.24) is 5.32 Å². The first-order valence-corrected chi connectivity index (χ1v) is 6.98. The van der Waals surface area contributed by atoms with Crippen molar-refractivity contribution in [2.75, 3.05) is 5.32 Å². The molecule has 1 aliphatic rings. The molecule has 5 nitrogen and oxygen atoms in total. The third-order valence-corrected chi connectivity index (χ3v) is 3.82. The van der Waals surface area contributed by atoms with E-state index in [-0.39, 0.29) is 0 Å². The Morgan fingerprint density at radius 2 is 1.86 bits per heavy atom. The molecule has 3 rings (SSSR count). The lowest BCUT2D eigenvalue weighted by Gasteiger charge is -2.29. The molecule has 0 aliphatic carbocycles. The van der Waals surface area contributed by atoms with Gasteiger partial charge in [-0.15, -0.1) is 0 Å². The highest BCUT2D eigenvalue weighted by atomic mass is 35.5. The molecule has 0 radical (unpaired) electrons. The third kappa shape index (κ3) is 2.39. The molecule has 0 saturated heterocycles. The Hall–Kier alpha value is -2.55. The van der Waals surface area contributed by atoms with Crippen LogP contribution < -0.4 is 10.6 Å². The first-order chi connectivity index (χ1) is 10.5. The number of nitrogens with zero attached hydrogens (tertiary/aromatic N) is 1. The van der Waals surface area contributed by atoms with E-state index in [1.807, 2.05) is 0 Å². The molecule has 2 aromatic carbocycles. The predicted molar refractivity (Wildman–Crippen MR) is 82.3 cm³/mol. The molecule has 2 unspecified atom stereocenters. The molecule has 1 aliphatic heterocycles. The lowest BCUT2D eigenvalue weighted by Crippen LogP contribution is -2.52. The number of rotatable bonds is 1. The number of fused-ring (bicyclic) bond motifs is 1. The maximum atomic E-state index is 12.2. The van der Waals surface area contributed by atoms with Crippen LogP contribution in [0.15, 0.2) is 48.5 Å². The molecule has 2 atom stereocenters. The van der Waals surface area contributed by atoms with Crippen LogP contribution in [0.2, 0.25) is 5.02 Å². The number of nitriles is 1. The first kappa shape index (κ1) is 14.4. The molecule has 2 aromatic rings. The smallest absolute Gasteiger partial charge is 0.256 e. The Morgan fingerprint density at radius 3 is 2.55 bits per heavy atom.